The molecule has 1 aromatic rings. The van der Waals surface area contributed by atoms with Gasteiger partial charge in [-0.25, -0.2) is 0 Å². The third kappa shape index (κ3) is 3.77. The molecule has 0 saturated carbocycles. The molecule has 1 heteroatoms. The molecule has 0 radical (unpaired) electrons. The highest BCUT2D eigenvalue weighted by Crippen LogP contribution is 2.17. The van der Waals surface area contributed by atoms with Crippen molar-refractivity contribution in [3.63, 3.8) is 0 Å². The predicted molar refractivity (Wildman–Crippen MR) is 69.5 cm³/mol. The van der Waals surface area contributed by atoms with E-state index in [1.165, 1.54) is 5.56 Å². The molecule has 0 amide bonds. The van der Waals surface area contributed by atoms with Crippen LogP contribution in [0.2, 0.25) is 0 Å². The van der Waals surface area contributed by atoms with Gasteiger partial charge in [0.2, 0.25) is 0 Å². The van der Waals surface area contributed by atoms with Crippen molar-refractivity contribution in [1.29, 1.82) is 0 Å². The van der Waals surface area contributed by atoms with Crippen molar-refractivity contribution in [1.82, 2.24) is 0 Å². The number of benzene rings is 1. The van der Waals surface area contributed by atoms with E-state index in [0.717, 1.165) is 16.9 Å². The zero-order valence-electron chi connectivity index (χ0n) is 10.2. The topological polar surface area (TPSA) is 9.23 Å². The summed E-state index contributed by atoms with van der Waals surface area (Å²) in [4.78, 5) is 0. The second-order valence-electron chi connectivity index (χ2n) is 3.99. The maximum Gasteiger partial charge on any atom is 0.127 e. The Hall–Kier alpha value is -1.76. The van der Waals surface area contributed by atoms with Crippen molar-refractivity contribution in [3.8, 4) is 5.75 Å². The Morgan fingerprint density at radius 1 is 1.25 bits per heavy atom. The third-order valence-electron chi connectivity index (χ3n) is 2.29. The number of hydrogen-bond donors (Lipinski definition) is 0. The lowest BCUT2D eigenvalue weighted by atomic mass is 10.1. The average Bonchev–Trinajstić information content (AvgIpc) is 2.16. The Morgan fingerprint density at radius 3 is 2.50 bits per heavy atom. The fourth-order valence-electron chi connectivity index (χ4n) is 1.22. The summed E-state index contributed by atoms with van der Waals surface area (Å²) in [7, 11) is 0. The van der Waals surface area contributed by atoms with Crippen molar-refractivity contribution >= 4 is 0 Å². The molecule has 0 saturated heterocycles. The van der Waals surface area contributed by atoms with Gasteiger partial charge in [0.1, 0.15) is 11.5 Å². The lowest BCUT2D eigenvalue weighted by Crippen LogP contribution is -1.92. The first-order chi connectivity index (χ1) is 7.49. The van der Waals surface area contributed by atoms with Gasteiger partial charge < -0.3 is 4.74 Å². The largest absolute Gasteiger partial charge is 0.458 e. The fraction of sp³-hybridized carbons (Fsp3) is 0.200. The molecule has 0 spiro atoms. The van der Waals surface area contributed by atoms with Crippen LogP contribution in [0.25, 0.3) is 0 Å². The number of aryl methyl sites for hydroxylation is 1. The summed E-state index contributed by atoms with van der Waals surface area (Å²) >= 11 is 0. The molecule has 0 heterocycles. The van der Waals surface area contributed by atoms with Gasteiger partial charge in [-0.1, -0.05) is 30.9 Å². The van der Waals surface area contributed by atoms with Crippen molar-refractivity contribution in [2.45, 2.75) is 20.8 Å². The van der Waals surface area contributed by atoms with Gasteiger partial charge in [-0.15, -0.1) is 0 Å². The van der Waals surface area contributed by atoms with Crippen LogP contribution in [-0.4, -0.2) is 0 Å². The molecule has 0 fully saturated rings. The normalized spacial score (nSPS) is 11.1. The lowest BCUT2D eigenvalue weighted by molar-refractivity contribution is 0.446. The minimum Gasteiger partial charge on any atom is -0.458 e. The Bertz CT molecular complexity index is 439. The smallest absolute Gasteiger partial charge is 0.127 e. The first kappa shape index (κ1) is 12.3. The van der Waals surface area contributed by atoms with E-state index in [-0.39, 0.29) is 0 Å². The van der Waals surface area contributed by atoms with Crippen LogP contribution < -0.4 is 4.74 Å². The van der Waals surface area contributed by atoms with Crippen molar-refractivity contribution < 1.29 is 4.74 Å². The molecule has 1 nitrogen and oxygen atoms in total. The van der Waals surface area contributed by atoms with E-state index < -0.39 is 0 Å². The summed E-state index contributed by atoms with van der Waals surface area (Å²) in [6.07, 6.45) is 1.89. The first-order valence-electron chi connectivity index (χ1n) is 5.26. The van der Waals surface area contributed by atoms with Crippen LogP contribution >= 0.6 is 0 Å². The van der Waals surface area contributed by atoms with Gasteiger partial charge in [0.15, 0.2) is 0 Å². The van der Waals surface area contributed by atoms with Crippen LogP contribution in [0, 0.1) is 6.92 Å². The molecule has 0 bridgehead atoms. The third-order valence-corrected chi connectivity index (χ3v) is 2.29. The molecule has 84 valence electrons. The maximum absolute atomic E-state index is 5.60. The lowest BCUT2D eigenvalue weighted by Gasteiger charge is -2.07. The van der Waals surface area contributed by atoms with Gasteiger partial charge in [-0.05, 0) is 50.1 Å². The summed E-state index contributed by atoms with van der Waals surface area (Å²) in [5.41, 5.74) is 3.28. The molecule has 16 heavy (non-hydrogen) atoms. The van der Waals surface area contributed by atoms with Gasteiger partial charge in [-0.2, -0.15) is 0 Å². The van der Waals surface area contributed by atoms with Crippen LogP contribution in [0.15, 0.2) is 60.4 Å². The van der Waals surface area contributed by atoms with E-state index in [9.17, 15) is 0 Å². The average molecular weight is 214 g/mol. The predicted octanol–water partition coefficient (Wildman–Crippen LogP) is 4.41. The second-order valence-corrected chi connectivity index (χ2v) is 3.99. The SMILES string of the molecule is C=C(/C=C(/C)C(=C)C)Oc1cccc(C)c1. The standard InChI is InChI=1S/C15H18O/c1-11(2)13(4)10-14(5)16-15-8-6-7-12(3)9-15/h6-10H,1,5H2,2-4H3/b13-10-. The molecule has 0 aliphatic heterocycles. The molecule has 0 atom stereocenters. The number of hydrogen-bond acceptors (Lipinski definition) is 1. The molecule has 0 aliphatic carbocycles. The number of rotatable bonds is 4. The van der Waals surface area contributed by atoms with E-state index in [0.29, 0.717) is 5.76 Å². The highest BCUT2D eigenvalue weighted by atomic mass is 16.5. The van der Waals surface area contributed by atoms with E-state index >= 15 is 0 Å². The molecule has 0 N–H and O–H groups in total. The summed E-state index contributed by atoms with van der Waals surface area (Å²) in [6.45, 7) is 13.7. The fourth-order valence-corrected chi connectivity index (χ4v) is 1.22. The summed E-state index contributed by atoms with van der Waals surface area (Å²) in [5.74, 6) is 1.45. The molecular weight excluding hydrogens is 196 g/mol. The summed E-state index contributed by atoms with van der Waals surface area (Å²) < 4.78 is 5.60. The van der Waals surface area contributed by atoms with Crippen LogP contribution in [0.3, 0.4) is 0 Å². The molecular formula is C15H18O. The highest BCUT2D eigenvalue weighted by Gasteiger charge is 1.97. The van der Waals surface area contributed by atoms with Gasteiger partial charge in [0, 0.05) is 0 Å². The van der Waals surface area contributed by atoms with E-state index in [1.807, 2.05) is 51.1 Å². The zero-order chi connectivity index (χ0) is 12.1. The Kier molecular flexibility index (Phi) is 4.12. The Balaban J connectivity index is 2.72. The van der Waals surface area contributed by atoms with Gasteiger partial charge in [0.25, 0.3) is 0 Å². The van der Waals surface area contributed by atoms with Crippen molar-refractivity contribution in [2.75, 3.05) is 0 Å². The van der Waals surface area contributed by atoms with Crippen LogP contribution in [-0.2, 0) is 0 Å². The summed E-state index contributed by atoms with van der Waals surface area (Å²) in [5, 5.41) is 0. The Labute approximate surface area is 97.8 Å². The van der Waals surface area contributed by atoms with Gasteiger partial charge >= 0.3 is 0 Å². The van der Waals surface area contributed by atoms with E-state index in [4.69, 9.17) is 4.74 Å². The molecule has 0 aromatic heterocycles. The maximum atomic E-state index is 5.60. The Morgan fingerprint density at radius 2 is 1.94 bits per heavy atom. The molecule has 1 aromatic carbocycles. The zero-order valence-corrected chi connectivity index (χ0v) is 10.2. The minimum atomic E-state index is 0.631. The van der Waals surface area contributed by atoms with Crippen LogP contribution in [0.5, 0.6) is 5.75 Å². The summed E-state index contributed by atoms with van der Waals surface area (Å²) in [6, 6.07) is 7.90. The van der Waals surface area contributed by atoms with Crippen molar-refractivity contribution in [3.05, 3.63) is 66.0 Å². The van der Waals surface area contributed by atoms with Crippen molar-refractivity contribution in [2.24, 2.45) is 0 Å². The van der Waals surface area contributed by atoms with Gasteiger partial charge in [0.05, 0.1) is 0 Å². The number of ether oxygens (including phenoxy) is 1. The number of allylic oxidation sites excluding steroid dienone is 3. The minimum absolute atomic E-state index is 0.631. The second kappa shape index (κ2) is 5.36. The van der Waals surface area contributed by atoms with Gasteiger partial charge in [-0.3, -0.25) is 0 Å². The highest BCUT2D eigenvalue weighted by molar-refractivity contribution is 5.33. The van der Waals surface area contributed by atoms with E-state index in [1.54, 1.807) is 0 Å². The molecule has 0 unspecified atom stereocenters. The van der Waals surface area contributed by atoms with Crippen LogP contribution in [0.1, 0.15) is 19.4 Å². The quantitative estimate of drug-likeness (QED) is 0.533. The molecule has 0 aliphatic rings. The monoisotopic (exact) mass is 214 g/mol. The van der Waals surface area contributed by atoms with E-state index in [2.05, 4.69) is 13.2 Å². The molecule has 1 rings (SSSR count). The van der Waals surface area contributed by atoms with Crippen LogP contribution in [0.4, 0.5) is 0 Å². The first-order valence-corrected chi connectivity index (χ1v) is 5.26.